The van der Waals surface area contributed by atoms with Gasteiger partial charge in [-0.1, -0.05) is 72.8 Å². The van der Waals surface area contributed by atoms with Gasteiger partial charge < -0.3 is 15.0 Å². The number of aromatic nitrogens is 1. The minimum atomic E-state index is -0.400. The molecule has 1 heterocycles. The molecule has 140 valence electrons. The number of hydrogen-bond acceptors (Lipinski definition) is 2. The third-order valence-corrected chi connectivity index (χ3v) is 4.80. The lowest BCUT2D eigenvalue weighted by atomic mass is 10.0. The molecule has 0 radical (unpaired) electrons. The summed E-state index contributed by atoms with van der Waals surface area (Å²) in [5.41, 5.74) is 5.47. The zero-order chi connectivity index (χ0) is 19.2. The van der Waals surface area contributed by atoms with Crippen LogP contribution in [0.1, 0.15) is 11.1 Å². The number of carbonyl (C=O) groups is 1. The summed E-state index contributed by atoms with van der Waals surface area (Å²) in [4.78, 5) is 15.4. The fourth-order valence-electron chi connectivity index (χ4n) is 3.38. The van der Waals surface area contributed by atoms with Crippen LogP contribution in [0.2, 0.25) is 0 Å². The second kappa shape index (κ2) is 8.44. The van der Waals surface area contributed by atoms with Crippen molar-refractivity contribution in [3.8, 4) is 11.1 Å². The van der Waals surface area contributed by atoms with Gasteiger partial charge in [0.15, 0.2) is 0 Å². The molecule has 1 aromatic heterocycles. The second-order valence-corrected chi connectivity index (χ2v) is 6.64. The van der Waals surface area contributed by atoms with Crippen molar-refractivity contribution in [2.45, 2.75) is 13.0 Å². The summed E-state index contributed by atoms with van der Waals surface area (Å²) in [6.07, 6.45) is 2.34. The minimum Gasteiger partial charge on any atom is -0.445 e. The van der Waals surface area contributed by atoms with Crippen LogP contribution in [0.15, 0.2) is 85.1 Å². The van der Waals surface area contributed by atoms with E-state index in [2.05, 4.69) is 28.5 Å². The van der Waals surface area contributed by atoms with Crippen LogP contribution in [0, 0.1) is 0 Å². The zero-order valence-corrected chi connectivity index (χ0v) is 15.5. The summed E-state index contributed by atoms with van der Waals surface area (Å²) in [5.74, 6) is 0. The monoisotopic (exact) mass is 370 g/mol. The van der Waals surface area contributed by atoms with Crippen LogP contribution >= 0.6 is 0 Å². The predicted octanol–water partition coefficient (Wildman–Crippen LogP) is 5.30. The molecule has 0 unspecified atom stereocenters. The second-order valence-electron chi connectivity index (χ2n) is 6.64. The quantitative estimate of drug-likeness (QED) is 0.484. The number of alkyl carbamates (subject to hydrolysis) is 1. The lowest BCUT2D eigenvalue weighted by molar-refractivity contribution is 0.140. The van der Waals surface area contributed by atoms with E-state index < -0.39 is 6.09 Å². The van der Waals surface area contributed by atoms with Gasteiger partial charge in [0.2, 0.25) is 0 Å². The molecule has 0 bridgehead atoms. The van der Waals surface area contributed by atoms with E-state index >= 15 is 0 Å². The minimum absolute atomic E-state index is 0.240. The molecule has 4 heteroatoms. The SMILES string of the molecule is O=C(NCCc1c[nH]c2ccccc12)OCc1ccccc1-c1ccccc1. The van der Waals surface area contributed by atoms with Crippen LogP contribution in [-0.2, 0) is 17.8 Å². The molecule has 4 rings (SSSR count). The highest BCUT2D eigenvalue weighted by atomic mass is 16.5. The molecule has 2 N–H and O–H groups in total. The number of amides is 1. The summed E-state index contributed by atoms with van der Waals surface area (Å²) in [7, 11) is 0. The number of rotatable bonds is 6. The standard InChI is InChI=1S/C24H22N2O2/c27-24(25-15-14-19-16-26-23-13-7-6-12-22(19)23)28-17-20-10-4-5-11-21(20)18-8-2-1-3-9-18/h1-13,16,26H,14-15,17H2,(H,25,27). The molecule has 0 fully saturated rings. The first-order valence-corrected chi connectivity index (χ1v) is 9.40. The van der Waals surface area contributed by atoms with Crippen molar-refractivity contribution in [1.29, 1.82) is 0 Å². The van der Waals surface area contributed by atoms with E-state index in [0.717, 1.165) is 28.6 Å². The molecule has 1 amide bonds. The van der Waals surface area contributed by atoms with Crippen molar-refractivity contribution >= 4 is 17.0 Å². The van der Waals surface area contributed by atoms with Crippen molar-refractivity contribution in [2.75, 3.05) is 6.54 Å². The van der Waals surface area contributed by atoms with Crippen molar-refractivity contribution in [1.82, 2.24) is 10.3 Å². The molecule has 0 aliphatic rings. The van der Waals surface area contributed by atoms with Gasteiger partial charge in [-0.05, 0) is 34.7 Å². The first-order valence-electron chi connectivity index (χ1n) is 9.40. The van der Waals surface area contributed by atoms with Gasteiger partial charge >= 0.3 is 6.09 Å². The fourth-order valence-corrected chi connectivity index (χ4v) is 3.38. The Balaban J connectivity index is 1.32. The first-order chi connectivity index (χ1) is 13.8. The molecule has 0 atom stereocenters. The molecule has 4 nitrogen and oxygen atoms in total. The maximum Gasteiger partial charge on any atom is 0.407 e. The Morgan fingerprint density at radius 1 is 0.857 bits per heavy atom. The van der Waals surface area contributed by atoms with Crippen molar-refractivity contribution in [3.63, 3.8) is 0 Å². The highest BCUT2D eigenvalue weighted by Crippen LogP contribution is 2.24. The molecule has 4 aromatic rings. The maximum atomic E-state index is 12.1. The smallest absolute Gasteiger partial charge is 0.407 e. The summed E-state index contributed by atoms with van der Waals surface area (Å²) < 4.78 is 5.44. The van der Waals surface area contributed by atoms with Crippen LogP contribution in [0.3, 0.4) is 0 Å². The Hall–Kier alpha value is -3.53. The topological polar surface area (TPSA) is 54.1 Å². The Bertz CT molecular complexity index is 1070. The van der Waals surface area contributed by atoms with Crippen molar-refractivity contribution < 1.29 is 9.53 Å². The number of carbonyl (C=O) groups excluding carboxylic acids is 1. The van der Waals surface area contributed by atoms with E-state index in [-0.39, 0.29) is 6.61 Å². The van der Waals surface area contributed by atoms with Gasteiger partial charge in [-0.3, -0.25) is 0 Å². The maximum absolute atomic E-state index is 12.1. The van der Waals surface area contributed by atoms with Gasteiger partial charge in [-0.15, -0.1) is 0 Å². The van der Waals surface area contributed by atoms with Crippen LogP contribution < -0.4 is 5.32 Å². The Kier molecular flexibility index (Phi) is 5.38. The summed E-state index contributed by atoms with van der Waals surface area (Å²) in [6, 6.07) is 26.2. The van der Waals surface area contributed by atoms with Gasteiger partial charge in [0.05, 0.1) is 0 Å². The summed E-state index contributed by atoms with van der Waals surface area (Å²) >= 11 is 0. The highest BCUT2D eigenvalue weighted by Gasteiger charge is 2.08. The number of H-pyrrole nitrogens is 1. The Morgan fingerprint density at radius 2 is 1.61 bits per heavy atom. The molecule has 28 heavy (non-hydrogen) atoms. The van der Waals surface area contributed by atoms with E-state index in [9.17, 15) is 4.79 Å². The van der Waals surface area contributed by atoms with E-state index in [1.165, 1.54) is 10.9 Å². The Morgan fingerprint density at radius 3 is 2.50 bits per heavy atom. The number of nitrogens with one attached hydrogen (secondary N) is 2. The lowest BCUT2D eigenvalue weighted by Crippen LogP contribution is -2.26. The number of fused-ring (bicyclic) bond motifs is 1. The van der Waals surface area contributed by atoms with Crippen LogP contribution in [-0.4, -0.2) is 17.6 Å². The predicted molar refractivity (Wildman–Crippen MR) is 112 cm³/mol. The molecule has 0 aliphatic heterocycles. The number of para-hydroxylation sites is 1. The number of hydrogen-bond donors (Lipinski definition) is 2. The van der Waals surface area contributed by atoms with Crippen molar-refractivity contribution in [3.05, 3.63) is 96.2 Å². The van der Waals surface area contributed by atoms with Crippen LogP contribution in [0.5, 0.6) is 0 Å². The molecule has 0 saturated carbocycles. The fraction of sp³-hybridized carbons (Fsp3) is 0.125. The average Bonchev–Trinajstić information content (AvgIpc) is 3.16. The summed E-state index contributed by atoms with van der Waals surface area (Å²) in [6.45, 7) is 0.769. The lowest BCUT2D eigenvalue weighted by Gasteiger charge is -2.11. The summed E-state index contributed by atoms with van der Waals surface area (Å²) in [5, 5.41) is 4.03. The molecule has 0 spiro atoms. The van der Waals surface area contributed by atoms with Gasteiger partial charge in [-0.2, -0.15) is 0 Å². The normalized spacial score (nSPS) is 10.7. The van der Waals surface area contributed by atoms with E-state index in [1.807, 2.05) is 66.9 Å². The average molecular weight is 370 g/mol. The van der Waals surface area contributed by atoms with Crippen molar-refractivity contribution in [2.24, 2.45) is 0 Å². The van der Waals surface area contributed by atoms with E-state index in [1.54, 1.807) is 0 Å². The Labute approximate surface area is 164 Å². The van der Waals surface area contributed by atoms with Gasteiger partial charge in [0, 0.05) is 23.6 Å². The largest absolute Gasteiger partial charge is 0.445 e. The third kappa shape index (κ3) is 4.07. The van der Waals surface area contributed by atoms with Gasteiger partial charge in [0.1, 0.15) is 6.61 Å². The molecular weight excluding hydrogens is 348 g/mol. The van der Waals surface area contributed by atoms with E-state index in [4.69, 9.17) is 4.74 Å². The van der Waals surface area contributed by atoms with Gasteiger partial charge in [-0.25, -0.2) is 4.79 Å². The molecule has 3 aromatic carbocycles. The first kappa shape index (κ1) is 17.9. The number of benzene rings is 3. The third-order valence-electron chi connectivity index (χ3n) is 4.80. The van der Waals surface area contributed by atoms with Crippen LogP contribution in [0.4, 0.5) is 4.79 Å². The number of aromatic amines is 1. The van der Waals surface area contributed by atoms with E-state index in [0.29, 0.717) is 6.54 Å². The van der Waals surface area contributed by atoms with Crippen LogP contribution in [0.25, 0.3) is 22.0 Å². The molecular formula is C24H22N2O2. The molecule has 0 aliphatic carbocycles. The molecule has 0 saturated heterocycles. The highest BCUT2D eigenvalue weighted by molar-refractivity contribution is 5.83. The zero-order valence-electron chi connectivity index (χ0n) is 15.5. The van der Waals surface area contributed by atoms with Gasteiger partial charge in [0.25, 0.3) is 0 Å². The number of ether oxygens (including phenoxy) is 1.